The molecule has 1 unspecified atom stereocenters. The van der Waals surface area contributed by atoms with Gasteiger partial charge in [-0.1, -0.05) is 6.42 Å². The van der Waals surface area contributed by atoms with Crippen molar-refractivity contribution in [2.24, 2.45) is 0 Å². The molecule has 0 radical (unpaired) electrons. The van der Waals surface area contributed by atoms with Gasteiger partial charge in [-0.05, 0) is 50.8 Å². The Balaban J connectivity index is 2.20. The van der Waals surface area contributed by atoms with E-state index in [-0.39, 0.29) is 0 Å². The minimum absolute atomic E-state index is 0.545. The fourth-order valence-corrected chi connectivity index (χ4v) is 2.39. The third-order valence-corrected chi connectivity index (χ3v) is 3.76. The Morgan fingerprint density at radius 3 is 2.65 bits per heavy atom. The molecule has 1 atom stereocenters. The highest BCUT2D eigenvalue weighted by atomic mass is 32.2. The SMILES string of the molecule is CNC(C)CCCCSc1ccc(F)c(F)c1. The molecule has 0 aromatic heterocycles. The molecule has 0 fully saturated rings. The quantitative estimate of drug-likeness (QED) is 0.590. The van der Waals surface area contributed by atoms with Crippen LogP contribution in [0.5, 0.6) is 0 Å². The van der Waals surface area contributed by atoms with E-state index in [1.807, 2.05) is 7.05 Å². The zero-order valence-corrected chi connectivity index (χ0v) is 11.1. The van der Waals surface area contributed by atoms with Crippen LogP contribution in [0.4, 0.5) is 8.78 Å². The highest BCUT2D eigenvalue weighted by Crippen LogP contribution is 2.21. The summed E-state index contributed by atoms with van der Waals surface area (Å²) in [7, 11) is 1.96. The van der Waals surface area contributed by atoms with Crippen LogP contribution in [0.3, 0.4) is 0 Å². The topological polar surface area (TPSA) is 12.0 Å². The van der Waals surface area contributed by atoms with E-state index in [0.717, 1.165) is 29.9 Å². The van der Waals surface area contributed by atoms with Gasteiger partial charge in [0.2, 0.25) is 0 Å². The molecule has 1 aromatic rings. The van der Waals surface area contributed by atoms with Crippen molar-refractivity contribution in [3.8, 4) is 0 Å². The third-order valence-electron chi connectivity index (χ3n) is 2.68. The van der Waals surface area contributed by atoms with Gasteiger partial charge >= 0.3 is 0 Å². The summed E-state index contributed by atoms with van der Waals surface area (Å²) in [6.45, 7) is 2.16. The lowest BCUT2D eigenvalue weighted by Gasteiger charge is -2.09. The zero-order valence-electron chi connectivity index (χ0n) is 10.3. The van der Waals surface area contributed by atoms with Crippen LogP contribution in [0.2, 0.25) is 0 Å². The second kappa shape index (κ2) is 7.67. The molecule has 0 saturated heterocycles. The first kappa shape index (κ1) is 14.5. The van der Waals surface area contributed by atoms with E-state index in [1.54, 1.807) is 17.8 Å². The van der Waals surface area contributed by atoms with Gasteiger partial charge in [-0.25, -0.2) is 8.78 Å². The Morgan fingerprint density at radius 1 is 1.24 bits per heavy atom. The van der Waals surface area contributed by atoms with Crippen LogP contribution in [-0.2, 0) is 0 Å². The highest BCUT2D eigenvalue weighted by Gasteiger charge is 2.03. The Hall–Kier alpha value is -0.610. The molecule has 0 amide bonds. The number of nitrogens with one attached hydrogen (secondary N) is 1. The van der Waals surface area contributed by atoms with Crippen LogP contribution in [0.1, 0.15) is 26.2 Å². The van der Waals surface area contributed by atoms with Crippen molar-refractivity contribution < 1.29 is 8.78 Å². The number of thioether (sulfide) groups is 1. The predicted octanol–water partition coefficient (Wildman–Crippen LogP) is 3.84. The number of hydrogen-bond donors (Lipinski definition) is 1. The second-order valence-corrected chi connectivity index (χ2v) is 5.28. The molecule has 0 bridgehead atoms. The lowest BCUT2D eigenvalue weighted by Crippen LogP contribution is -2.20. The largest absolute Gasteiger partial charge is 0.317 e. The molecule has 0 aliphatic heterocycles. The summed E-state index contributed by atoms with van der Waals surface area (Å²) in [5, 5.41) is 3.19. The van der Waals surface area contributed by atoms with E-state index in [0.29, 0.717) is 6.04 Å². The van der Waals surface area contributed by atoms with E-state index >= 15 is 0 Å². The molecule has 1 N–H and O–H groups in total. The molecular weight excluding hydrogens is 240 g/mol. The Labute approximate surface area is 106 Å². The highest BCUT2D eigenvalue weighted by molar-refractivity contribution is 7.99. The first-order chi connectivity index (χ1) is 8.13. The molecule has 1 nitrogen and oxygen atoms in total. The standard InChI is InChI=1S/C13H19F2NS/c1-10(16-2)5-3-4-8-17-11-6-7-12(14)13(15)9-11/h6-7,9-10,16H,3-5,8H2,1-2H3. The van der Waals surface area contributed by atoms with Crippen LogP contribution in [-0.4, -0.2) is 18.8 Å². The van der Waals surface area contributed by atoms with Gasteiger partial charge in [0.25, 0.3) is 0 Å². The first-order valence-corrected chi connectivity index (χ1v) is 6.87. The number of benzene rings is 1. The minimum Gasteiger partial charge on any atom is -0.317 e. The molecule has 96 valence electrons. The molecule has 0 heterocycles. The van der Waals surface area contributed by atoms with Crippen molar-refractivity contribution in [1.82, 2.24) is 5.32 Å². The van der Waals surface area contributed by atoms with Crippen molar-refractivity contribution in [3.05, 3.63) is 29.8 Å². The molecule has 4 heteroatoms. The van der Waals surface area contributed by atoms with Gasteiger partial charge in [0.05, 0.1) is 0 Å². The summed E-state index contributed by atoms with van der Waals surface area (Å²) >= 11 is 1.58. The molecule has 17 heavy (non-hydrogen) atoms. The van der Waals surface area contributed by atoms with Crippen molar-refractivity contribution in [1.29, 1.82) is 0 Å². The van der Waals surface area contributed by atoms with E-state index in [4.69, 9.17) is 0 Å². The smallest absolute Gasteiger partial charge is 0.159 e. The predicted molar refractivity (Wildman–Crippen MR) is 69.5 cm³/mol. The zero-order chi connectivity index (χ0) is 12.7. The van der Waals surface area contributed by atoms with E-state index in [2.05, 4.69) is 12.2 Å². The summed E-state index contributed by atoms with van der Waals surface area (Å²) in [6.07, 6.45) is 3.39. The molecule has 0 saturated carbocycles. The Kier molecular flexibility index (Phi) is 6.52. The lowest BCUT2D eigenvalue weighted by molar-refractivity contribution is 0.506. The first-order valence-electron chi connectivity index (χ1n) is 5.88. The van der Waals surface area contributed by atoms with Crippen LogP contribution in [0.15, 0.2) is 23.1 Å². The molecule has 1 rings (SSSR count). The normalized spacial score (nSPS) is 12.7. The average Bonchev–Trinajstić information content (AvgIpc) is 2.33. The van der Waals surface area contributed by atoms with Crippen LogP contribution in [0.25, 0.3) is 0 Å². The van der Waals surface area contributed by atoms with Gasteiger partial charge < -0.3 is 5.32 Å². The number of hydrogen-bond acceptors (Lipinski definition) is 2. The summed E-state index contributed by atoms with van der Waals surface area (Å²) in [5.74, 6) is -0.599. The van der Waals surface area contributed by atoms with E-state index in [9.17, 15) is 8.78 Å². The van der Waals surface area contributed by atoms with Gasteiger partial charge in [-0.15, -0.1) is 11.8 Å². The van der Waals surface area contributed by atoms with E-state index in [1.165, 1.54) is 12.1 Å². The van der Waals surface area contributed by atoms with Crippen LogP contribution >= 0.6 is 11.8 Å². The molecular formula is C13H19F2NS. The third kappa shape index (κ3) is 5.50. The summed E-state index contributed by atoms with van der Waals surface area (Å²) < 4.78 is 25.6. The second-order valence-electron chi connectivity index (χ2n) is 4.11. The minimum atomic E-state index is -0.780. The summed E-state index contributed by atoms with van der Waals surface area (Å²) in [6, 6.07) is 4.61. The summed E-state index contributed by atoms with van der Waals surface area (Å²) in [5.41, 5.74) is 0. The van der Waals surface area contributed by atoms with Crippen molar-refractivity contribution in [2.75, 3.05) is 12.8 Å². The van der Waals surface area contributed by atoms with Crippen LogP contribution in [0, 0.1) is 11.6 Å². The lowest BCUT2D eigenvalue weighted by atomic mass is 10.1. The number of halogens is 2. The maximum absolute atomic E-state index is 12.9. The van der Waals surface area contributed by atoms with Gasteiger partial charge in [-0.3, -0.25) is 0 Å². The molecule has 1 aromatic carbocycles. The van der Waals surface area contributed by atoms with Crippen molar-refractivity contribution >= 4 is 11.8 Å². The molecule has 0 aliphatic rings. The Bertz CT molecular complexity index is 344. The van der Waals surface area contributed by atoms with Gasteiger partial charge in [0, 0.05) is 10.9 Å². The van der Waals surface area contributed by atoms with Crippen LogP contribution < -0.4 is 5.32 Å². The summed E-state index contributed by atoms with van der Waals surface area (Å²) in [4.78, 5) is 0.797. The maximum atomic E-state index is 12.9. The van der Waals surface area contributed by atoms with Crippen molar-refractivity contribution in [3.63, 3.8) is 0 Å². The number of rotatable bonds is 7. The Morgan fingerprint density at radius 2 is 2.00 bits per heavy atom. The fraction of sp³-hybridized carbons (Fsp3) is 0.538. The van der Waals surface area contributed by atoms with Gasteiger partial charge in [0.15, 0.2) is 11.6 Å². The molecule has 0 aliphatic carbocycles. The monoisotopic (exact) mass is 259 g/mol. The van der Waals surface area contributed by atoms with Crippen molar-refractivity contribution in [2.45, 2.75) is 37.1 Å². The molecule has 0 spiro atoms. The van der Waals surface area contributed by atoms with E-state index < -0.39 is 11.6 Å². The van der Waals surface area contributed by atoms with Gasteiger partial charge in [0.1, 0.15) is 0 Å². The average molecular weight is 259 g/mol. The fourth-order valence-electron chi connectivity index (χ4n) is 1.45. The number of unbranched alkanes of at least 4 members (excludes halogenated alkanes) is 1. The maximum Gasteiger partial charge on any atom is 0.159 e. The van der Waals surface area contributed by atoms with Gasteiger partial charge in [-0.2, -0.15) is 0 Å².